The van der Waals surface area contributed by atoms with Gasteiger partial charge in [0.05, 0.1) is 17.1 Å². The Morgan fingerprint density at radius 2 is 1.14 bits per heavy atom. The van der Waals surface area contributed by atoms with E-state index in [0.29, 0.717) is 5.89 Å². The van der Waals surface area contributed by atoms with E-state index < -0.39 is 0 Å². The molecule has 8 aromatic carbocycles. The Labute approximate surface area is 372 Å². The zero-order chi connectivity index (χ0) is 42.4. The van der Waals surface area contributed by atoms with Gasteiger partial charge >= 0.3 is 0 Å². The Hall–Kier alpha value is -8.09. The number of ether oxygens (including phenoxy) is 1. The highest BCUT2D eigenvalue weighted by atomic mass is 16.5. The minimum atomic E-state index is -0.233. The lowest BCUT2D eigenvalue weighted by Gasteiger charge is -2.31. The number of hydrogen-bond acceptors (Lipinski definition) is 6. The van der Waals surface area contributed by atoms with Gasteiger partial charge in [0.25, 0.3) is 0 Å². The van der Waals surface area contributed by atoms with E-state index in [9.17, 15) is 0 Å². The van der Waals surface area contributed by atoms with Gasteiger partial charge in [0.1, 0.15) is 17.2 Å². The third kappa shape index (κ3) is 6.90. The summed E-state index contributed by atoms with van der Waals surface area (Å²) in [7, 11) is 0. The maximum atomic E-state index is 6.26. The van der Waals surface area contributed by atoms with Gasteiger partial charge in [-0.25, -0.2) is 4.98 Å². The molecule has 1 N–H and O–H groups in total. The van der Waals surface area contributed by atoms with E-state index in [4.69, 9.17) is 14.1 Å². The number of aryl methyl sites for hydroxylation is 1. The first-order chi connectivity index (χ1) is 31.7. The van der Waals surface area contributed by atoms with Gasteiger partial charge in [0.2, 0.25) is 5.89 Å². The van der Waals surface area contributed by atoms with Crippen LogP contribution in [0.2, 0.25) is 0 Å². The number of allylic oxidation sites excluding steroid dienone is 5. The summed E-state index contributed by atoms with van der Waals surface area (Å²) in [6.07, 6.45) is 12.3. The first-order valence-electron chi connectivity index (χ1n) is 22.2. The van der Waals surface area contributed by atoms with Crippen molar-refractivity contribution < 1.29 is 9.15 Å². The van der Waals surface area contributed by atoms with E-state index >= 15 is 0 Å². The zero-order valence-electron chi connectivity index (χ0n) is 35.2. The van der Waals surface area contributed by atoms with Crippen LogP contribution < -0.4 is 19.9 Å². The summed E-state index contributed by atoms with van der Waals surface area (Å²) < 4.78 is 12.5. The summed E-state index contributed by atoms with van der Waals surface area (Å²) in [6, 6.07) is 64.9. The van der Waals surface area contributed by atoms with Crippen LogP contribution in [0.5, 0.6) is 5.75 Å². The second-order valence-corrected chi connectivity index (χ2v) is 16.6. The van der Waals surface area contributed by atoms with Gasteiger partial charge in [-0.2, -0.15) is 0 Å². The van der Waals surface area contributed by atoms with Crippen molar-refractivity contribution in [3.8, 4) is 17.2 Å². The number of fused-ring (bicyclic) bond motifs is 4. The van der Waals surface area contributed by atoms with Crippen molar-refractivity contribution in [3.05, 3.63) is 228 Å². The second kappa shape index (κ2) is 16.0. The first kappa shape index (κ1) is 37.7. The van der Waals surface area contributed by atoms with Gasteiger partial charge in [0, 0.05) is 51.1 Å². The molecule has 0 spiro atoms. The van der Waals surface area contributed by atoms with Gasteiger partial charge in [0.15, 0.2) is 6.23 Å². The van der Waals surface area contributed by atoms with Gasteiger partial charge < -0.3 is 24.3 Å². The maximum Gasteiger partial charge on any atom is 0.226 e. The molecule has 0 bridgehead atoms. The summed E-state index contributed by atoms with van der Waals surface area (Å²) >= 11 is 0. The van der Waals surface area contributed by atoms with Crippen molar-refractivity contribution in [2.24, 2.45) is 0 Å². The van der Waals surface area contributed by atoms with Crippen molar-refractivity contribution in [2.45, 2.75) is 31.9 Å². The molecule has 2 heterocycles. The van der Waals surface area contributed by atoms with E-state index in [1.165, 1.54) is 38.4 Å². The Bertz CT molecular complexity index is 3250. The fourth-order valence-corrected chi connectivity index (χ4v) is 9.47. The SMILES string of the molecule is C1=Cc2nc(-c3ccc(N(C4=CC=C(c5ccc(N(c6ccc(C7Nc8ccccc8O7)cc6)c6cccc7ccccc67)cc5)CC4)c4cccc5ccccc45)cc3)oc2CC1. The summed E-state index contributed by atoms with van der Waals surface area (Å²) in [5.41, 5.74) is 13.3. The summed E-state index contributed by atoms with van der Waals surface area (Å²) in [6.45, 7) is 0. The lowest BCUT2D eigenvalue weighted by atomic mass is 9.94. The van der Waals surface area contributed by atoms with E-state index in [1.54, 1.807) is 0 Å². The van der Waals surface area contributed by atoms with Crippen LogP contribution in [0.4, 0.5) is 34.1 Å². The molecule has 1 aromatic heterocycles. The van der Waals surface area contributed by atoms with Crippen molar-refractivity contribution in [1.29, 1.82) is 0 Å². The molecule has 2 aliphatic carbocycles. The van der Waals surface area contributed by atoms with Crippen LogP contribution in [0.25, 0.3) is 44.6 Å². The first-order valence-corrected chi connectivity index (χ1v) is 22.2. The largest absolute Gasteiger partial charge is 0.464 e. The molecule has 308 valence electrons. The topological polar surface area (TPSA) is 53.8 Å². The summed E-state index contributed by atoms with van der Waals surface area (Å²) in [5.74, 6) is 2.52. The molecule has 6 nitrogen and oxygen atoms in total. The monoisotopic (exact) mass is 828 g/mol. The van der Waals surface area contributed by atoms with E-state index in [2.05, 4.69) is 203 Å². The fraction of sp³-hybridized carbons (Fsp3) is 0.0862. The lowest BCUT2D eigenvalue weighted by Crippen LogP contribution is -2.18. The number of nitrogens with zero attached hydrogens (tertiary/aromatic N) is 3. The fourth-order valence-electron chi connectivity index (χ4n) is 9.47. The molecule has 9 aromatic rings. The Morgan fingerprint density at radius 1 is 0.531 bits per heavy atom. The highest BCUT2D eigenvalue weighted by Gasteiger charge is 2.25. The Morgan fingerprint density at radius 3 is 1.81 bits per heavy atom. The summed E-state index contributed by atoms with van der Waals surface area (Å²) in [5, 5.41) is 8.34. The second-order valence-electron chi connectivity index (χ2n) is 16.6. The van der Waals surface area contributed by atoms with Crippen LogP contribution in [0.1, 0.15) is 48.1 Å². The van der Waals surface area contributed by atoms with Gasteiger partial charge in [-0.1, -0.05) is 121 Å². The molecule has 64 heavy (non-hydrogen) atoms. The quantitative estimate of drug-likeness (QED) is 0.156. The molecule has 0 radical (unpaired) electrons. The predicted molar refractivity (Wildman–Crippen MR) is 263 cm³/mol. The number of anilines is 6. The molecule has 1 aliphatic heterocycles. The van der Waals surface area contributed by atoms with Crippen LogP contribution in [0.3, 0.4) is 0 Å². The molecule has 1 atom stereocenters. The van der Waals surface area contributed by atoms with Gasteiger partial charge in [-0.05, 0) is 126 Å². The number of rotatable bonds is 9. The molecule has 3 aliphatic rings. The number of oxazole rings is 1. The molecular formula is C58H44N4O2. The highest BCUT2D eigenvalue weighted by Crippen LogP contribution is 2.44. The smallest absolute Gasteiger partial charge is 0.226 e. The van der Waals surface area contributed by atoms with E-state index in [0.717, 1.165) is 88.1 Å². The van der Waals surface area contributed by atoms with Gasteiger partial charge in [-0.15, -0.1) is 0 Å². The van der Waals surface area contributed by atoms with Crippen molar-refractivity contribution >= 4 is 67.3 Å². The van der Waals surface area contributed by atoms with Crippen LogP contribution in [-0.2, 0) is 6.42 Å². The molecular weight excluding hydrogens is 785 g/mol. The predicted octanol–water partition coefficient (Wildman–Crippen LogP) is 15.5. The number of para-hydroxylation sites is 2. The third-order valence-corrected chi connectivity index (χ3v) is 12.7. The molecule has 0 saturated heterocycles. The number of benzene rings is 8. The molecule has 0 saturated carbocycles. The lowest BCUT2D eigenvalue weighted by molar-refractivity contribution is 0.260. The van der Waals surface area contributed by atoms with Crippen LogP contribution in [-0.4, -0.2) is 4.98 Å². The zero-order valence-corrected chi connectivity index (χ0v) is 35.2. The van der Waals surface area contributed by atoms with Crippen LogP contribution in [0.15, 0.2) is 210 Å². The Kier molecular flexibility index (Phi) is 9.41. The van der Waals surface area contributed by atoms with Crippen molar-refractivity contribution in [2.75, 3.05) is 15.1 Å². The minimum absolute atomic E-state index is 0.233. The van der Waals surface area contributed by atoms with E-state index in [-0.39, 0.29) is 6.23 Å². The van der Waals surface area contributed by atoms with Crippen molar-refractivity contribution in [1.82, 2.24) is 4.98 Å². The van der Waals surface area contributed by atoms with Crippen LogP contribution in [0, 0.1) is 0 Å². The van der Waals surface area contributed by atoms with Crippen molar-refractivity contribution in [3.63, 3.8) is 0 Å². The maximum absolute atomic E-state index is 6.26. The third-order valence-electron chi connectivity index (χ3n) is 12.7. The number of hydrogen-bond donors (Lipinski definition) is 1. The Balaban J connectivity index is 0.867. The molecule has 0 fully saturated rings. The average Bonchev–Trinajstić information content (AvgIpc) is 4.01. The molecule has 12 rings (SSSR count). The summed E-state index contributed by atoms with van der Waals surface area (Å²) in [4.78, 5) is 9.59. The molecule has 6 heteroatoms. The average molecular weight is 829 g/mol. The minimum Gasteiger partial charge on any atom is -0.464 e. The van der Waals surface area contributed by atoms with Crippen LogP contribution >= 0.6 is 0 Å². The molecule has 1 unspecified atom stereocenters. The van der Waals surface area contributed by atoms with E-state index in [1.807, 2.05) is 18.2 Å². The van der Waals surface area contributed by atoms with Gasteiger partial charge in [-0.3, -0.25) is 0 Å². The standard InChI is InChI=1S/C58H44N4O2/c1-3-15-49-41(11-1)13-9-19-53(49)61(47-35-27-43(28-36-47)57-59-51-17-5-7-21-55(51)63-57)45-31-23-39(24-32-45)40-25-33-46(34-26-40)62(54-20-10-14-42-12-2-4-16-50(42)54)48-37-29-44(30-38-48)58-60-52-18-6-8-22-56(52)64-58/h1-7,9-21,23-25,27-33,35-38,57,59H,8,22,26,34H2. The number of aromatic nitrogens is 1. The molecule has 0 amide bonds. The highest BCUT2D eigenvalue weighted by molar-refractivity contribution is 5.99. The normalized spacial score (nSPS) is 15.2. The number of nitrogens with one attached hydrogen (secondary N) is 1.